The van der Waals surface area contributed by atoms with Crippen molar-refractivity contribution in [3.05, 3.63) is 75.9 Å². The van der Waals surface area contributed by atoms with Gasteiger partial charge in [-0.2, -0.15) is 18.3 Å². The van der Waals surface area contributed by atoms with Gasteiger partial charge in [0.25, 0.3) is 5.91 Å². The second-order valence-corrected chi connectivity index (χ2v) is 8.04. The molecule has 2 N–H and O–H groups in total. The van der Waals surface area contributed by atoms with Crippen molar-refractivity contribution >= 4 is 29.0 Å². The molecule has 4 rings (SSSR count). The Balaban J connectivity index is 1.65. The summed E-state index contributed by atoms with van der Waals surface area (Å²) in [5.74, 6) is -0.430. The summed E-state index contributed by atoms with van der Waals surface area (Å²) in [6, 6.07) is 11.0. The molecule has 162 valence electrons. The number of alkyl halides is 3. The lowest BCUT2D eigenvalue weighted by molar-refractivity contribution is -0.173. The Hall–Kier alpha value is -3.00. The number of hydrogen-bond donors (Lipinski definition) is 2. The maximum atomic E-state index is 13.8. The largest absolute Gasteiger partial charge is 0.410 e. The van der Waals surface area contributed by atoms with E-state index in [1.165, 1.54) is 6.07 Å². The standard InChI is InChI=1S/C22H20ClF3N4O/c1-12-4-3-5-16(13(12)2)28-21(31)18-11-20-27-17(14-6-8-15(23)9-7-14)10-19(22(24,25)26)30(20)29-18/h3-9,11,17,19,27H,10H2,1-2H3,(H,28,31). The van der Waals surface area contributed by atoms with E-state index in [4.69, 9.17) is 11.6 Å². The molecule has 0 radical (unpaired) electrons. The van der Waals surface area contributed by atoms with Crippen molar-refractivity contribution in [1.29, 1.82) is 0 Å². The van der Waals surface area contributed by atoms with E-state index in [2.05, 4.69) is 15.7 Å². The number of anilines is 2. The smallest absolute Gasteiger partial charge is 0.363 e. The zero-order valence-corrected chi connectivity index (χ0v) is 17.6. The van der Waals surface area contributed by atoms with Gasteiger partial charge in [-0.25, -0.2) is 4.68 Å². The van der Waals surface area contributed by atoms with Crippen LogP contribution in [0, 0.1) is 13.8 Å². The fourth-order valence-electron chi connectivity index (χ4n) is 3.67. The Morgan fingerprint density at radius 2 is 1.90 bits per heavy atom. The molecule has 2 unspecified atom stereocenters. The molecule has 9 heteroatoms. The predicted molar refractivity (Wildman–Crippen MR) is 114 cm³/mol. The van der Waals surface area contributed by atoms with Gasteiger partial charge in [0.15, 0.2) is 11.7 Å². The van der Waals surface area contributed by atoms with E-state index < -0.39 is 24.2 Å². The number of hydrogen-bond acceptors (Lipinski definition) is 3. The Kier molecular flexibility index (Phi) is 5.43. The van der Waals surface area contributed by atoms with E-state index in [0.29, 0.717) is 16.3 Å². The molecule has 1 aliphatic rings. The van der Waals surface area contributed by atoms with Crippen LogP contribution in [0.5, 0.6) is 0 Å². The summed E-state index contributed by atoms with van der Waals surface area (Å²) >= 11 is 5.90. The van der Waals surface area contributed by atoms with E-state index in [1.54, 1.807) is 36.4 Å². The van der Waals surface area contributed by atoms with Crippen molar-refractivity contribution in [3.8, 4) is 0 Å². The lowest BCUT2D eigenvalue weighted by atomic mass is 9.97. The highest BCUT2D eigenvalue weighted by atomic mass is 35.5. The highest BCUT2D eigenvalue weighted by Gasteiger charge is 2.46. The molecule has 0 spiro atoms. The van der Waals surface area contributed by atoms with Gasteiger partial charge >= 0.3 is 6.18 Å². The summed E-state index contributed by atoms with van der Waals surface area (Å²) in [6.45, 7) is 3.77. The van der Waals surface area contributed by atoms with Crippen molar-refractivity contribution in [2.75, 3.05) is 10.6 Å². The third-order valence-corrected chi connectivity index (χ3v) is 5.80. The number of halogens is 4. The van der Waals surface area contributed by atoms with Crippen LogP contribution in [0.25, 0.3) is 0 Å². The van der Waals surface area contributed by atoms with Gasteiger partial charge in [0.1, 0.15) is 5.82 Å². The van der Waals surface area contributed by atoms with Gasteiger partial charge in [-0.1, -0.05) is 35.9 Å². The van der Waals surface area contributed by atoms with Crippen LogP contribution in [0.3, 0.4) is 0 Å². The molecule has 1 aromatic heterocycles. The molecule has 0 saturated carbocycles. The molecule has 0 bridgehead atoms. The first kappa shape index (κ1) is 21.2. The van der Waals surface area contributed by atoms with Gasteiger partial charge in [0.2, 0.25) is 0 Å². The molecular formula is C22H20ClF3N4O. The molecule has 0 saturated heterocycles. The van der Waals surface area contributed by atoms with Gasteiger partial charge in [-0.3, -0.25) is 4.79 Å². The third kappa shape index (κ3) is 4.25. The summed E-state index contributed by atoms with van der Waals surface area (Å²) in [4.78, 5) is 12.7. The fraction of sp³-hybridized carbons (Fsp3) is 0.273. The van der Waals surface area contributed by atoms with Gasteiger partial charge in [0, 0.05) is 23.2 Å². The van der Waals surface area contributed by atoms with Gasteiger partial charge < -0.3 is 10.6 Å². The minimum absolute atomic E-state index is 0.0885. The topological polar surface area (TPSA) is 59.0 Å². The summed E-state index contributed by atoms with van der Waals surface area (Å²) in [7, 11) is 0. The number of nitrogens with one attached hydrogen (secondary N) is 2. The van der Waals surface area contributed by atoms with Crippen LogP contribution in [0.1, 0.15) is 45.7 Å². The Morgan fingerprint density at radius 1 is 1.19 bits per heavy atom. The molecule has 5 nitrogen and oxygen atoms in total. The number of fused-ring (bicyclic) bond motifs is 1. The Labute approximate surface area is 182 Å². The highest BCUT2D eigenvalue weighted by molar-refractivity contribution is 6.30. The second-order valence-electron chi connectivity index (χ2n) is 7.60. The average molecular weight is 449 g/mol. The molecule has 2 aromatic carbocycles. The highest BCUT2D eigenvalue weighted by Crippen LogP contribution is 2.43. The number of rotatable bonds is 3. The molecule has 0 fully saturated rings. The number of aryl methyl sites for hydroxylation is 1. The summed E-state index contributed by atoms with van der Waals surface area (Å²) in [5.41, 5.74) is 3.05. The fourth-order valence-corrected chi connectivity index (χ4v) is 3.80. The average Bonchev–Trinajstić information content (AvgIpc) is 3.14. The van der Waals surface area contributed by atoms with Crippen molar-refractivity contribution in [2.45, 2.75) is 38.5 Å². The number of aromatic nitrogens is 2. The zero-order valence-electron chi connectivity index (χ0n) is 16.8. The molecule has 31 heavy (non-hydrogen) atoms. The van der Waals surface area contributed by atoms with Gasteiger partial charge in [0.05, 0.1) is 6.04 Å². The van der Waals surface area contributed by atoms with Gasteiger partial charge in [-0.05, 0) is 48.7 Å². The van der Waals surface area contributed by atoms with Gasteiger partial charge in [-0.15, -0.1) is 0 Å². The Bertz CT molecular complexity index is 1120. The molecule has 3 aromatic rings. The molecule has 1 amide bonds. The first-order valence-corrected chi connectivity index (χ1v) is 10.1. The minimum atomic E-state index is -4.52. The van der Waals surface area contributed by atoms with Crippen molar-refractivity contribution in [3.63, 3.8) is 0 Å². The second kappa shape index (κ2) is 7.92. The third-order valence-electron chi connectivity index (χ3n) is 5.55. The van der Waals surface area contributed by atoms with Crippen molar-refractivity contribution < 1.29 is 18.0 Å². The SMILES string of the molecule is Cc1cccc(NC(=O)c2cc3n(n2)C(C(F)(F)F)CC(c2ccc(Cl)cc2)N3)c1C. The lowest BCUT2D eigenvalue weighted by Gasteiger charge is -2.33. The van der Waals surface area contributed by atoms with E-state index >= 15 is 0 Å². The van der Waals surface area contributed by atoms with E-state index in [0.717, 1.165) is 15.8 Å². The van der Waals surface area contributed by atoms with E-state index in [9.17, 15) is 18.0 Å². The molecule has 0 aliphatic carbocycles. The molecule has 2 atom stereocenters. The lowest BCUT2D eigenvalue weighted by Crippen LogP contribution is -2.35. The number of amides is 1. The first-order valence-electron chi connectivity index (χ1n) is 9.69. The maximum Gasteiger partial charge on any atom is 0.410 e. The predicted octanol–water partition coefficient (Wildman–Crippen LogP) is 6.07. The summed E-state index contributed by atoms with van der Waals surface area (Å²) < 4.78 is 42.3. The van der Waals surface area contributed by atoms with E-state index in [-0.39, 0.29) is 17.9 Å². The van der Waals surface area contributed by atoms with Crippen LogP contribution in [0.15, 0.2) is 48.5 Å². The van der Waals surface area contributed by atoms with Crippen LogP contribution in [0.4, 0.5) is 24.7 Å². The molecule has 1 aliphatic heterocycles. The maximum absolute atomic E-state index is 13.8. The van der Waals surface area contributed by atoms with Crippen LogP contribution < -0.4 is 10.6 Å². The number of benzene rings is 2. The Morgan fingerprint density at radius 3 is 2.58 bits per heavy atom. The monoisotopic (exact) mass is 448 g/mol. The summed E-state index contributed by atoms with van der Waals surface area (Å²) in [6.07, 6.45) is -4.77. The first-order chi connectivity index (χ1) is 14.6. The quantitative estimate of drug-likeness (QED) is 0.511. The van der Waals surface area contributed by atoms with E-state index in [1.807, 2.05) is 19.9 Å². The minimum Gasteiger partial charge on any atom is -0.363 e. The number of carbonyl (C=O) groups excluding carboxylic acids is 1. The molecular weight excluding hydrogens is 429 g/mol. The molecule has 2 heterocycles. The normalized spacial score (nSPS) is 18.3. The zero-order chi connectivity index (χ0) is 22.3. The number of nitrogens with zero attached hydrogens (tertiary/aromatic N) is 2. The van der Waals surface area contributed by atoms with Crippen molar-refractivity contribution in [1.82, 2.24) is 9.78 Å². The van der Waals surface area contributed by atoms with Crippen LogP contribution in [-0.4, -0.2) is 21.9 Å². The number of carbonyl (C=O) groups is 1. The van der Waals surface area contributed by atoms with Crippen LogP contribution >= 0.6 is 11.6 Å². The summed E-state index contributed by atoms with van der Waals surface area (Å²) in [5, 5.41) is 10.3. The van der Waals surface area contributed by atoms with Crippen molar-refractivity contribution in [2.24, 2.45) is 0 Å². The van der Waals surface area contributed by atoms with Crippen LogP contribution in [0.2, 0.25) is 5.02 Å². The van der Waals surface area contributed by atoms with Crippen LogP contribution in [-0.2, 0) is 0 Å².